The zero-order valence-corrected chi connectivity index (χ0v) is 10.8. The van der Waals surface area contributed by atoms with Gasteiger partial charge in [0.25, 0.3) is 5.56 Å². The van der Waals surface area contributed by atoms with E-state index in [4.69, 9.17) is 5.73 Å². The molecule has 5 heteroatoms. The van der Waals surface area contributed by atoms with Gasteiger partial charge in [0.1, 0.15) is 5.82 Å². The molecular formula is C14H11FN2OS. The average molecular weight is 274 g/mol. The van der Waals surface area contributed by atoms with Crippen LogP contribution in [0.5, 0.6) is 0 Å². The maximum absolute atomic E-state index is 13.2. The first-order valence-electron chi connectivity index (χ1n) is 5.80. The van der Waals surface area contributed by atoms with E-state index in [0.717, 1.165) is 4.70 Å². The van der Waals surface area contributed by atoms with E-state index in [9.17, 15) is 9.18 Å². The molecule has 0 aliphatic heterocycles. The fraction of sp³-hybridized carbons (Fsp3) is 0.0714. The summed E-state index contributed by atoms with van der Waals surface area (Å²) < 4.78 is 15.7. The van der Waals surface area contributed by atoms with Crippen LogP contribution in [0.4, 0.5) is 4.39 Å². The molecule has 0 fully saturated rings. The first kappa shape index (κ1) is 12.1. The molecule has 96 valence electrons. The Morgan fingerprint density at radius 1 is 1.21 bits per heavy atom. The lowest BCUT2D eigenvalue weighted by Crippen LogP contribution is -2.14. The highest BCUT2D eigenvalue weighted by atomic mass is 32.1. The Kier molecular flexibility index (Phi) is 2.93. The molecule has 0 unspecified atom stereocenters. The molecule has 0 radical (unpaired) electrons. The molecule has 3 aromatic rings. The van der Waals surface area contributed by atoms with Gasteiger partial charge in [0, 0.05) is 6.54 Å². The molecule has 0 atom stereocenters. The Labute approximate surface area is 112 Å². The van der Waals surface area contributed by atoms with Crippen LogP contribution in [-0.4, -0.2) is 3.96 Å². The first-order valence-corrected chi connectivity index (χ1v) is 6.58. The first-order chi connectivity index (χ1) is 9.20. The van der Waals surface area contributed by atoms with E-state index in [-0.39, 0.29) is 17.9 Å². The van der Waals surface area contributed by atoms with E-state index in [1.807, 2.05) is 18.2 Å². The largest absolute Gasteiger partial charge is 0.326 e. The van der Waals surface area contributed by atoms with Crippen molar-refractivity contribution < 1.29 is 4.39 Å². The number of halogens is 1. The molecule has 0 bridgehead atoms. The van der Waals surface area contributed by atoms with Gasteiger partial charge in [0.05, 0.1) is 15.8 Å². The van der Waals surface area contributed by atoms with Crippen molar-refractivity contribution in [2.75, 3.05) is 0 Å². The summed E-state index contributed by atoms with van der Waals surface area (Å²) in [7, 11) is 0. The number of nitrogens with two attached hydrogens (primary N) is 1. The summed E-state index contributed by atoms with van der Waals surface area (Å²) in [6.45, 7) is 0.188. The molecule has 0 aliphatic carbocycles. The molecule has 0 aliphatic rings. The van der Waals surface area contributed by atoms with E-state index in [1.165, 1.54) is 23.7 Å². The van der Waals surface area contributed by atoms with Gasteiger partial charge in [-0.2, -0.15) is 0 Å². The summed E-state index contributed by atoms with van der Waals surface area (Å²) in [5.74, 6) is -0.349. The zero-order chi connectivity index (χ0) is 13.4. The lowest BCUT2D eigenvalue weighted by atomic mass is 10.2. The maximum Gasteiger partial charge on any atom is 0.273 e. The Morgan fingerprint density at radius 2 is 2.00 bits per heavy atom. The van der Waals surface area contributed by atoms with Crippen molar-refractivity contribution in [1.29, 1.82) is 0 Å². The van der Waals surface area contributed by atoms with Crippen molar-refractivity contribution in [3.8, 4) is 5.69 Å². The predicted octanol–water partition coefficient (Wildman–Crippen LogP) is 2.65. The lowest BCUT2D eigenvalue weighted by Gasteiger charge is -2.06. The molecular weight excluding hydrogens is 263 g/mol. The molecule has 0 spiro atoms. The van der Waals surface area contributed by atoms with Gasteiger partial charge < -0.3 is 5.73 Å². The monoisotopic (exact) mass is 274 g/mol. The van der Waals surface area contributed by atoms with Gasteiger partial charge in [-0.3, -0.25) is 4.79 Å². The highest BCUT2D eigenvalue weighted by molar-refractivity contribution is 7.14. The van der Waals surface area contributed by atoms with Gasteiger partial charge in [0.2, 0.25) is 0 Å². The van der Waals surface area contributed by atoms with Crippen molar-refractivity contribution in [3.05, 3.63) is 64.2 Å². The third-order valence-corrected chi connectivity index (χ3v) is 4.07. The minimum atomic E-state index is -0.349. The lowest BCUT2D eigenvalue weighted by molar-refractivity contribution is 0.625. The smallest absolute Gasteiger partial charge is 0.273 e. The molecule has 2 aromatic carbocycles. The van der Waals surface area contributed by atoms with E-state index in [1.54, 1.807) is 16.1 Å². The fourth-order valence-electron chi connectivity index (χ4n) is 2.05. The van der Waals surface area contributed by atoms with Crippen LogP contribution >= 0.6 is 11.5 Å². The Bertz CT molecular complexity index is 807. The van der Waals surface area contributed by atoms with Gasteiger partial charge in [-0.25, -0.2) is 8.35 Å². The second-order valence-corrected chi connectivity index (χ2v) is 5.15. The normalized spacial score (nSPS) is 11.1. The Hall–Kier alpha value is -1.98. The molecule has 2 N–H and O–H groups in total. The van der Waals surface area contributed by atoms with Gasteiger partial charge in [-0.05, 0) is 35.9 Å². The molecule has 0 amide bonds. The van der Waals surface area contributed by atoms with Gasteiger partial charge >= 0.3 is 0 Å². The maximum atomic E-state index is 13.2. The van der Waals surface area contributed by atoms with E-state index >= 15 is 0 Å². The number of nitrogens with zero attached hydrogens (tertiary/aromatic N) is 1. The number of fused-ring (bicyclic) bond motifs is 1. The van der Waals surface area contributed by atoms with Crippen LogP contribution in [0.2, 0.25) is 0 Å². The second kappa shape index (κ2) is 4.60. The van der Waals surface area contributed by atoms with Crippen molar-refractivity contribution >= 4 is 21.6 Å². The SMILES string of the molecule is NCc1cc(F)ccc1-n1sc2ccccc2c1=O. The Balaban J connectivity index is 2.30. The van der Waals surface area contributed by atoms with Crippen LogP contribution in [-0.2, 0) is 6.54 Å². The standard InChI is InChI=1S/C14H11FN2OS/c15-10-5-6-12(9(7-10)8-16)17-14(18)11-3-1-2-4-13(11)19-17/h1-7H,8,16H2. The minimum absolute atomic E-state index is 0.0955. The van der Waals surface area contributed by atoms with Crippen molar-refractivity contribution in [3.63, 3.8) is 0 Å². The van der Waals surface area contributed by atoms with Gasteiger partial charge in [0.15, 0.2) is 0 Å². The average Bonchev–Trinajstić information content (AvgIpc) is 2.76. The summed E-state index contributed by atoms with van der Waals surface area (Å²) in [5.41, 5.74) is 6.80. The molecule has 3 nitrogen and oxygen atoms in total. The molecule has 1 aromatic heterocycles. The van der Waals surface area contributed by atoms with Crippen LogP contribution in [0, 0.1) is 5.82 Å². The zero-order valence-electron chi connectivity index (χ0n) is 9.97. The van der Waals surface area contributed by atoms with E-state index in [2.05, 4.69) is 0 Å². The summed E-state index contributed by atoms with van der Waals surface area (Å²) in [6.07, 6.45) is 0. The molecule has 0 saturated carbocycles. The minimum Gasteiger partial charge on any atom is -0.326 e. The highest BCUT2D eigenvalue weighted by Crippen LogP contribution is 2.22. The molecule has 1 heterocycles. The number of hydrogen-bond donors (Lipinski definition) is 1. The van der Waals surface area contributed by atoms with Gasteiger partial charge in [-0.15, -0.1) is 0 Å². The number of rotatable bonds is 2. The molecule has 19 heavy (non-hydrogen) atoms. The number of benzene rings is 2. The van der Waals surface area contributed by atoms with Crippen LogP contribution in [0.15, 0.2) is 47.3 Å². The van der Waals surface area contributed by atoms with Crippen molar-refractivity contribution in [1.82, 2.24) is 3.96 Å². The Morgan fingerprint density at radius 3 is 2.74 bits per heavy atom. The topological polar surface area (TPSA) is 48.0 Å². The highest BCUT2D eigenvalue weighted by Gasteiger charge is 2.12. The van der Waals surface area contributed by atoms with E-state index in [0.29, 0.717) is 16.6 Å². The summed E-state index contributed by atoms with van der Waals surface area (Å²) >= 11 is 1.34. The van der Waals surface area contributed by atoms with Crippen LogP contribution in [0.25, 0.3) is 15.8 Å². The summed E-state index contributed by atoms with van der Waals surface area (Å²) in [6, 6.07) is 11.7. The number of aromatic nitrogens is 1. The second-order valence-electron chi connectivity index (χ2n) is 4.16. The van der Waals surface area contributed by atoms with Crippen molar-refractivity contribution in [2.24, 2.45) is 5.73 Å². The molecule has 0 saturated heterocycles. The van der Waals surface area contributed by atoms with Crippen LogP contribution < -0.4 is 11.3 Å². The van der Waals surface area contributed by atoms with Gasteiger partial charge in [-0.1, -0.05) is 23.7 Å². The summed E-state index contributed by atoms with van der Waals surface area (Å²) in [4.78, 5) is 12.3. The quantitative estimate of drug-likeness (QED) is 0.781. The van der Waals surface area contributed by atoms with Crippen molar-refractivity contribution in [2.45, 2.75) is 6.54 Å². The fourth-order valence-corrected chi connectivity index (χ4v) is 3.09. The molecule has 3 rings (SSSR count). The van der Waals surface area contributed by atoms with E-state index < -0.39 is 0 Å². The summed E-state index contributed by atoms with van der Waals surface area (Å²) in [5, 5.41) is 0.666. The predicted molar refractivity (Wildman–Crippen MR) is 75.3 cm³/mol. The number of hydrogen-bond acceptors (Lipinski definition) is 3. The third kappa shape index (κ3) is 1.97. The third-order valence-electron chi connectivity index (χ3n) is 2.97. The van der Waals surface area contributed by atoms with Crippen LogP contribution in [0.3, 0.4) is 0 Å². The van der Waals surface area contributed by atoms with Crippen LogP contribution in [0.1, 0.15) is 5.56 Å².